The number of sulfonamides is 1. The molecule has 28 heavy (non-hydrogen) atoms. The Morgan fingerprint density at radius 2 is 1.79 bits per heavy atom. The maximum atomic E-state index is 13.7. The van der Waals surface area contributed by atoms with Gasteiger partial charge in [-0.2, -0.15) is 4.31 Å². The first-order valence-corrected chi connectivity index (χ1v) is 13.7. The number of hydrogen-bond acceptors (Lipinski definition) is 3. The van der Waals surface area contributed by atoms with E-state index in [2.05, 4.69) is 37.0 Å². The number of para-hydroxylation sites is 1. The van der Waals surface area contributed by atoms with Crippen molar-refractivity contribution in [1.82, 2.24) is 9.29 Å². The molecule has 1 aromatic heterocycles. The van der Waals surface area contributed by atoms with E-state index in [0.29, 0.717) is 29.0 Å². The fourth-order valence-electron chi connectivity index (χ4n) is 4.48. The molecular formula is C22H26N2O2SSi. The van der Waals surface area contributed by atoms with Crippen LogP contribution in [-0.2, 0) is 16.6 Å². The standard InChI is InChI=1S/C22H26N2O2SSi/c1-3-28(4-2)21-16-24(15-18-9-5-6-12-19(18)21)27(25,26)20-13-7-10-17-11-8-14-23-22(17)20/h5-14,21,28H,3-4,15-16H2,1-2H3/t21-/m0/s1. The molecule has 0 unspecified atom stereocenters. The number of pyridine rings is 1. The summed E-state index contributed by atoms with van der Waals surface area (Å²) in [7, 11) is -4.71. The van der Waals surface area contributed by atoms with Gasteiger partial charge >= 0.3 is 0 Å². The van der Waals surface area contributed by atoms with Crippen molar-refractivity contribution in [2.75, 3.05) is 6.54 Å². The van der Waals surface area contributed by atoms with Crippen molar-refractivity contribution in [2.24, 2.45) is 0 Å². The highest BCUT2D eigenvalue weighted by atomic mass is 32.2. The molecule has 2 aromatic carbocycles. The molecule has 0 bridgehead atoms. The second-order valence-electron chi connectivity index (χ2n) is 7.51. The fourth-order valence-corrected chi connectivity index (χ4v) is 9.34. The van der Waals surface area contributed by atoms with Crippen molar-refractivity contribution in [2.45, 2.75) is 42.9 Å². The SMILES string of the molecule is CC[SiH](CC)[C@H]1CN(S(=O)(=O)c2cccc3cccnc23)Cc2ccccc21. The van der Waals surface area contributed by atoms with Gasteiger partial charge in [0.15, 0.2) is 0 Å². The smallest absolute Gasteiger partial charge is 0.245 e. The summed E-state index contributed by atoms with van der Waals surface area (Å²) in [6.45, 7) is 5.53. The van der Waals surface area contributed by atoms with E-state index in [9.17, 15) is 8.42 Å². The molecule has 0 saturated heterocycles. The first-order chi connectivity index (χ1) is 13.6. The zero-order valence-electron chi connectivity index (χ0n) is 16.4. The number of nitrogens with zero attached hydrogens (tertiary/aromatic N) is 2. The van der Waals surface area contributed by atoms with Crippen LogP contribution in [0.2, 0.25) is 12.1 Å². The quantitative estimate of drug-likeness (QED) is 0.588. The molecule has 1 aliphatic rings. The predicted octanol–water partition coefficient (Wildman–Crippen LogP) is 4.33. The van der Waals surface area contributed by atoms with Crippen LogP contribution >= 0.6 is 0 Å². The molecule has 3 aromatic rings. The molecule has 0 fully saturated rings. The summed E-state index contributed by atoms with van der Waals surface area (Å²) >= 11 is 0. The van der Waals surface area contributed by atoms with Gasteiger partial charge in [-0.05, 0) is 28.8 Å². The summed E-state index contributed by atoms with van der Waals surface area (Å²) in [5.74, 6) is 0. The Morgan fingerprint density at radius 1 is 1.04 bits per heavy atom. The predicted molar refractivity (Wildman–Crippen MR) is 117 cm³/mol. The average molecular weight is 411 g/mol. The van der Waals surface area contributed by atoms with Gasteiger partial charge in [0.1, 0.15) is 4.90 Å². The van der Waals surface area contributed by atoms with E-state index < -0.39 is 18.8 Å². The average Bonchev–Trinajstić information content (AvgIpc) is 2.74. The van der Waals surface area contributed by atoms with Crippen LogP contribution in [0, 0.1) is 0 Å². The Labute approximate surface area is 168 Å². The van der Waals surface area contributed by atoms with Crippen LogP contribution in [0.25, 0.3) is 10.9 Å². The Hall–Kier alpha value is -2.02. The second-order valence-corrected chi connectivity index (χ2v) is 13.4. The van der Waals surface area contributed by atoms with Gasteiger partial charge in [0, 0.05) is 33.5 Å². The third-order valence-electron chi connectivity index (χ3n) is 6.03. The van der Waals surface area contributed by atoms with Gasteiger partial charge in [0.25, 0.3) is 0 Å². The number of benzene rings is 2. The molecule has 6 heteroatoms. The van der Waals surface area contributed by atoms with E-state index in [1.54, 1.807) is 16.6 Å². The van der Waals surface area contributed by atoms with E-state index in [1.807, 2.05) is 30.3 Å². The summed E-state index contributed by atoms with van der Waals surface area (Å²) in [6.07, 6.45) is 1.66. The first-order valence-electron chi connectivity index (χ1n) is 9.98. The molecule has 1 aliphatic heterocycles. The normalized spacial score (nSPS) is 17.8. The van der Waals surface area contributed by atoms with Crippen molar-refractivity contribution in [1.29, 1.82) is 0 Å². The zero-order chi connectivity index (χ0) is 19.7. The van der Waals surface area contributed by atoms with Gasteiger partial charge < -0.3 is 0 Å². The molecule has 0 amide bonds. The Balaban J connectivity index is 1.80. The van der Waals surface area contributed by atoms with Crippen LogP contribution in [0.1, 0.15) is 30.5 Å². The van der Waals surface area contributed by atoms with Crippen LogP contribution < -0.4 is 0 Å². The van der Waals surface area contributed by atoms with Crippen LogP contribution in [-0.4, -0.2) is 33.0 Å². The van der Waals surface area contributed by atoms with E-state index in [0.717, 1.165) is 10.9 Å². The van der Waals surface area contributed by atoms with E-state index in [-0.39, 0.29) is 0 Å². The molecule has 0 radical (unpaired) electrons. The van der Waals surface area contributed by atoms with Crippen LogP contribution in [0.5, 0.6) is 0 Å². The Morgan fingerprint density at radius 3 is 2.57 bits per heavy atom. The largest absolute Gasteiger partial charge is 0.255 e. The van der Waals surface area contributed by atoms with Crippen LogP contribution in [0.4, 0.5) is 0 Å². The minimum Gasteiger partial charge on any atom is -0.255 e. The Kier molecular flexibility index (Phi) is 5.36. The van der Waals surface area contributed by atoms with Crippen molar-refractivity contribution >= 4 is 29.7 Å². The number of fused-ring (bicyclic) bond motifs is 2. The Bertz CT molecular complexity index is 1090. The molecular weight excluding hydrogens is 384 g/mol. The van der Waals surface area contributed by atoms with Crippen LogP contribution in [0.3, 0.4) is 0 Å². The molecule has 4 nitrogen and oxygen atoms in total. The number of hydrogen-bond donors (Lipinski definition) is 0. The third-order valence-corrected chi connectivity index (χ3v) is 11.7. The van der Waals surface area contributed by atoms with Crippen molar-refractivity contribution in [3.63, 3.8) is 0 Å². The molecule has 2 heterocycles. The third kappa shape index (κ3) is 3.30. The first kappa shape index (κ1) is 19.3. The zero-order valence-corrected chi connectivity index (χ0v) is 18.3. The highest BCUT2D eigenvalue weighted by molar-refractivity contribution is 7.89. The van der Waals surface area contributed by atoms with Crippen molar-refractivity contribution in [3.05, 3.63) is 71.9 Å². The van der Waals surface area contributed by atoms with Gasteiger partial charge in [0.05, 0.1) is 5.52 Å². The summed E-state index contributed by atoms with van der Waals surface area (Å²) < 4.78 is 29.0. The van der Waals surface area contributed by atoms with E-state index >= 15 is 0 Å². The van der Waals surface area contributed by atoms with Gasteiger partial charge in [0.2, 0.25) is 10.0 Å². The van der Waals surface area contributed by atoms with E-state index in [1.165, 1.54) is 17.7 Å². The van der Waals surface area contributed by atoms with Gasteiger partial charge in [-0.15, -0.1) is 0 Å². The summed E-state index contributed by atoms with van der Waals surface area (Å²) in [6, 6.07) is 19.9. The molecule has 1 atom stereocenters. The van der Waals surface area contributed by atoms with Gasteiger partial charge in [-0.1, -0.05) is 68.4 Å². The second kappa shape index (κ2) is 7.77. The van der Waals surface area contributed by atoms with Crippen LogP contribution in [0.15, 0.2) is 65.7 Å². The fraction of sp³-hybridized carbons (Fsp3) is 0.318. The molecule has 0 aliphatic carbocycles. The molecule has 0 N–H and O–H groups in total. The molecule has 0 saturated carbocycles. The maximum Gasteiger partial charge on any atom is 0.245 e. The number of rotatable bonds is 5. The number of aromatic nitrogens is 1. The highest BCUT2D eigenvalue weighted by Gasteiger charge is 2.36. The summed E-state index contributed by atoms with van der Waals surface area (Å²) in [5.41, 5.74) is 3.43. The van der Waals surface area contributed by atoms with Crippen molar-refractivity contribution < 1.29 is 8.42 Å². The molecule has 4 rings (SSSR count). The lowest BCUT2D eigenvalue weighted by Gasteiger charge is -2.37. The molecule has 146 valence electrons. The van der Waals surface area contributed by atoms with E-state index in [4.69, 9.17) is 0 Å². The lowest BCUT2D eigenvalue weighted by molar-refractivity contribution is 0.383. The van der Waals surface area contributed by atoms with Gasteiger partial charge in [-0.25, -0.2) is 8.42 Å². The highest BCUT2D eigenvalue weighted by Crippen LogP contribution is 2.36. The molecule has 0 spiro atoms. The maximum absolute atomic E-state index is 13.7. The summed E-state index contributed by atoms with van der Waals surface area (Å²) in [4.78, 5) is 4.69. The summed E-state index contributed by atoms with van der Waals surface area (Å²) in [5, 5.41) is 0.854. The minimum absolute atomic E-state index is 0.315. The van der Waals surface area contributed by atoms with Crippen molar-refractivity contribution in [3.8, 4) is 0 Å². The lowest BCUT2D eigenvalue weighted by atomic mass is 10.0. The minimum atomic E-state index is -3.62. The lowest BCUT2D eigenvalue weighted by Crippen LogP contribution is -2.42. The monoisotopic (exact) mass is 410 g/mol. The van der Waals surface area contributed by atoms with Gasteiger partial charge in [-0.3, -0.25) is 4.98 Å². The topological polar surface area (TPSA) is 50.3 Å².